The van der Waals surface area contributed by atoms with Crippen molar-refractivity contribution in [3.05, 3.63) is 76.9 Å². The maximum atomic E-state index is 12.2. The van der Waals surface area contributed by atoms with Crippen LogP contribution in [-0.2, 0) is 19.4 Å². The lowest BCUT2D eigenvalue weighted by atomic mass is 10.1. The number of amides is 1. The molecule has 12 heteroatoms. The summed E-state index contributed by atoms with van der Waals surface area (Å²) in [5, 5.41) is 5.93. The normalized spacial score (nSPS) is 11.3. The molecule has 34 heavy (non-hydrogen) atoms. The minimum absolute atomic E-state index is 0.0347. The fourth-order valence-corrected chi connectivity index (χ4v) is 2.72. The van der Waals surface area contributed by atoms with E-state index in [1.54, 1.807) is 24.1 Å². The summed E-state index contributed by atoms with van der Waals surface area (Å²) in [6.45, 7) is 1.96. The highest BCUT2D eigenvalue weighted by Gasteiger charge is 2.36. The Morgan fingerprint density at radius 3 is 2.03 bits per heavy atom. The van der Waals surface area contributed by atoms with Gasteiger partial charge in [0.15, 0.2) is 0 Å². The average molecular weight is 486 g/mol. The molecule has 0 aliphatic carbocycles. The van der Waals surface area contributed by atoms with Crippen LogP contribution in [0.5, 0.6) is 0 Å². The number of hydrogen-bond donors (Lipinski definition) is 2. The second kappa shape index (κ2) is 10.4. The lowest BCUT2D eigenvalue weighted by molar-refractivity contribution is -0.143. The maximum absolute atomic E-state index is 12.2. The molecule has 0 radical (unpaired) electrons. The van der Waals surface area contributed by atoms with Gasteiger partial charge in [-0.25, -0.2) is 4.98 Å². The number of nitrogens with one attached hydrogen (secondary N) is 2. The van der Waals surface area contributed by atoms with Gasteiger partial charge < -0.3 is 15.2 Å². The molecule has 1 heterocycles. The van der Waals surface area contributed by atoms with E-state index in [2.05, 4.69) is 15.6 Å². The van der Waals surface area contributed by atoms with Crippen molar-refractivity contribution in [3.63, 3.8) is 0 Å². The maximum Gasteiger partial charge on any atom is 0.416 e. The van der Waals surface area contributed by atoms with Gasteiger partial charge in [-0.3, -0.25) is 9.59 Å². The molecule has 0 bridgehead atoms. The predicted molar refractivity (Wildman–Crippen MR) is 114 cm³/mol. The van der Waals surface area contributed by atoms with Crippen LogP contribution in [0, 0.1) is 6.92 Å². The van der Waals surface area contributed by atoms with Crippen LogP contribution in [0.2, 0.25) is 0 Å². The van der Waals surface area contributed by atoms with E-state index < -0.39 is 29.0 Å². The van der Waals surface area contributed by atoms with Gasteiger partial charge in [0.25, 0.3) is 5.91 Å². The summed E-state index contributed by atoms with van der Waals surface area (Å²) in [6.07, 6.45) is -6.75. The fourth-order valence-electron chi connectivity index (χ4n) is 2.72. The van der Waals surface area contributed by atoms with Gasteiger partial charge in [-0.05, 0) is 42.8 Å². The quantitative estimate of drug-likeness (QED) is 0.374. The van der Waals surface area contributed by atoms with E-state index in [-0.39, 0.29) is 18.3 Å². The van der Waals surface area contributed by atoms with Crippen molar-refractivity contribution >= 4 is 23.6 Å². The van der Waals surface area contributed by atoms with Gasteiger partial charge in [0, 0.05) is 31.0 Å². The number of carbonyl (C=O) groups excluding carboxylic acids is 2. The Morgan fingerprint density at radius 1 is 1.00 bits per heavy atom. The number of rotatable bonds is 4. The highest BCUT2D eigenvalue weighted by atomic mass is 19.4. The van der Waals surface area contributed by atoms with Crippen LogP contribution < -0.4 is 10.6 Å². The molecule has 1 amide bonds. The number of anilines is 2. The number of aldehydes is 1. The molecule has 0 aliphatic heterocycles. The fraction of sp³-hybridized carbons (Fsp3) is 0.227. The molecule has 2 N–H and O–H groups in total. The van der Waals surface area contributed by atoms with Crippen LogP contribution in [-0.4, -0.2) is 28.8 Å². The Hall–Kier alpha value is -3.83. The van der Waals surface area contributed by atoms with E-state index in [9.17, 15) is 35.9 Å². The number of hydrogen-bond acceptors (Lipinski definition) is 4. The number of aryl methyl sites for hydroxylation is 2. The molecule has 0 saturated carbocycles. The number of alkyl halides is 6. The summed E-state index contributed by atoms with van der Waals surface area (Å²) in [7, 11) is 3.64. The molecular weight excluding hydrogens is 466 g/mol. The van der Waals surface area contributed by atoms with Gasteiger partial charge in [-0.15, -0.1) is 0 Å². The van der Waals surface area contributed by atoms with Crippen LogP contribution in [0.3, 0.4) is 0 Å². The largest absolute Gasteiger partial charge is 0.416 e. The Balaban J connectivity index is 0.000000242. The van der Waals surface area contributed by atoms with Gasteiger partial charge in [0.2, 0.25) is 0 Å². The Labute approximate surface area is 190 Å². The molecular formula is C22H20F6N4O2. The highest BCUT2D eigenvalue weighted by Crippen LogP contribution is 2.36. The second-order valence-electron chi connectivity index (χ2n) is 7.08. The summed E-state index contributed by atoms with van der Waals surface area (Å²) < 4.78 is 74.8. The molecule has 182 valence electrons. The molecule has 3 aromatic rings. The van der Waals surface area contributed by atoms with Crippen molar-refractivity contribution < 1.29 is 35.9 Å². The van der Waals surface area contributed by atoms with Crippen LogP contribution >= 0.6 is 0 Å². The molecule has 0 spiro atoms. The molecule has 0 unspecified atom stereocenters. The first-order valence-corrected chi connectivity index (χ1v) is 9.57. The number of nitrogens with zero attached hydrogens (tertiary/aromatic N) is 2. The van der Waals surface area contributed by atoms with Crippen LogP contribution in [0.1, 0.15) is 37.5 Å². The molecule has 2 aromatic carbocycles. The Bertz CT molecular complexity index is 1140. The van der Waals surface area contributed by atoms with Crippen molar-refractivity contribution in [1.82, 2.24) is 9.55 Å². The average Bonchev–Trinajstić information content (AvgIpc) is 3.20. The predicted octanol–water partition coefficient (Wildman–Crippen LogP) is 5.56. The zero-order valence-electron chi connectivity index (χ0n) is 18.2. The number of imidazole rings is 1. The van der Waals surface area contributed by atoms with Crippen molar-refractivity contribution in [1.29, 1.82) is 0 Å². The van der Waals surface area contributed by atoms with E-state index in [4.69, 9.17) is 0 Å². The molecule has 3 rings (SSSR count). The molecule has 0 aliphatic rings. The summed E-state index contributed by atoms with van der Waals surface area (Å²) >= 11 is 0. The number of carbonyl (C=O) groups is 2. The van der Waals surface area contributed by atoms with Crippen LogP contribution in [0.15, 0.2) is 48.9 Å². The van der Waals surface area contributed by atoms with E-state index in [0.717, 1.165) is 16.9 Å². The number of benzene rings is 2. The summed E-state index contributed by atoms with van der Waals surface area (Å²) in [5.74, 6) is -0.161. The summed E-state index contributed by atoms with van der Waals surface area (Å²) in [6, 6.07) is 6.53. The molecule has 0 fully saturated rings. The van der Waals surface area contributed by atoms with Gasteiger partial charge >= 0.3 is 12.4 Å². The van der Waals surface area contributed by atoms with Crippen LogP contribution in [0.25, 0.3) is 0 Å². The van der Waals surface area contributed by atoms with Crippen LogP contribution in [0.4, 0.5) is 37.7 Å². The van der Waals surface area contributed by atoms with Gasteiger partial charge in [-0.2, -0.15) is 26.3 Å². The first kappa shape index (κ1) is 26.4. The minimum atomic E-state index is -4.92. The molecule has 0 saturated heterocycles. The van der Waals surface area contributed by atoms with E-state index in [1.807, 2.05) is 32.2 Å². The van der Waals surface area contributed by atoms with Crippen molar-refractivity contribution in [2.75, 3.05) is 17.7 Å². The number of halogens is 6. The van der Waals surface area contributed by atoms with Crippen molar-refractivity contribution in [2.45, 2.75) is 19.3 Å². The Morgan fingerprint density at radius 2 is 1.59 bits per heavy atom. The lowest BCUT2D eigenvalue weighted by Gasteiger charge is -2.12. The number of aromatic nitrogens is 2. The van der Waals surface area contributed by atoms with Gasteiger partial charge in [0.05, 0.1) is 23.7 Å². The third-order valence-electron chi connectivity index (χ3n) is 4.57. The molecule has 6 nitrogen and oxygen atoms in total. The third kappa shape index (κ3) is 6.83. The zero-order chi connectivity index (χ0) is 25.7. The molecule has 1 aromatic heterocycles. The summed E-state index contributed by atoms with van der Waals surface area (Å²) in [4.78, 5) is 26.2. The highest BCUT2D eigenvalue weighted by molar-refractivity contribution is 6.03. The summed E-state index contributed by atoms with van der Waals surface area (Å²) in [5.41, 5.74) is -0.348. The second-order valence-corrected chi connectivity index (χ2v) is 7.08. The first-order valence-electron chi connectivity index (χ1n) is 9.57. The van der Waals surface area contributed by atoms with E-state index in [0.29, 0.717) is 17.8 Å². The van der Waals surface area contributed by atoms with Gasteiger partial charge in [-0.1, -0.05) is 6.07 Å². The zero-order valence-corrected chi connectivity index (χ0v) is 18.2. The SMILES string of the molecule is CNc1ccc(C)c(NC(=O)c2cncn2C)c1.O=Cc1cc(C(F)(F)F)cc(C(F)(F)F)c1. The van der Waals surface area contributed by atoms with Crippen molar-refractivity contribution in [3.8, 4) is 0 Å². The van der Waals surface area contributed by atoms with E-state index >= 15 is 0 Å². The lowest BCUT2D eigenvalue weighted by Crippen LogP contribution is -2.16. The first-order chi connectivity index (χ1) is 15.8. The third-order valence-corrected chi connectivity index (χ3v) is 4.57. The van der Waals surface area contributed by atoms with Crippen molar-refractivity contribution in [2.24, 2.45) is 7.05 Å². The standard InChI is InChI=1S/C13H16N4O.C9H4F6O/c1-9-4-5-10(14-2)6-11(9)16-13(18)12-7-15-8-17(12)3;10-8(11,12)6-1-5(4-16)2-7(3-6)9(13,14)15/h4-8,14H,1-3H3,(H,16,18);1-4H. The minimum Gasteiger partial charge on any atom is -0.388 e. The molecule has 0 atom stereocenters. The topological polar surface area (TPSA) is 76.0 Å². The monoisotopic (exact) mass is 486 g/mol. The smallest absolute Gasteiger partial charge is 0.388 e. The Kier molecular flexibility index (Phi) is 8.08. The van der Waals surface area contributed by atoms with E-state index in [1.165, 1.54) is 0 Å². The van der Waals surface area contributed by atoms with Gasteiger partial charge in [0.1, 0.15) is 12.0 Å².